The number of nitrogens with zero attached hydrogens (tertiary/aromatic N) is 1. The van der Waals surface area contributed by atoms with Gasteiger partial charge in [-0.25, -0.2) is 0 Å². The fraction of sp³-hybridized carbons (Fsp3) is 0.550. The molecule has 125 valence electrons. The van der Waals surface area contributed by atoms with Crippen molar-refractivity contribution < 1.29 is 9.72 Å². The van der Waals surface area contributed by atoms with Gasteiger partial charge in [0.1, 0.15) is 0 Å². The van der Waals surface area contributed by atoms with Crippen molar-refractivity contribution in [1.82, 2.24) is 0 Å². The highest BCUT2D eigenvalue weighted by Gasteiger charge is 1.94. The van der Waals surface area contributed by atoms with Crippen LogP contribution in [0.2, 0.25) is 0 Å². The summed E-state index contributed by atoms with van der Waals surface area (Å²) in [5, 5.41) is 10.1. The van der Waals surface area contributed by atoms with Crippen LogP contribution >= 0.6 is 0 Å². The molecular formula is C20H22NO3. The highest BCUT2D eigenvalue weighted by Crippen LogP contribution is 1.98. The van der Waals surface area contributed by atoms with Gasteiger partial charge in [-0.1, -0.05) is 35.5 Å². The van der Waals surface area contributed by atoms with E-state index in [0.29, 0.717) is 38.5 Å². The summed E-state index contributed by atoms with van der Waals surface area (Å²) in [7, 11) is 0. The van der Waals surface area contributed by atoms with Crippen LogP contribution in [0.5, 0.6) is 0 Å². The fourth-order valence-electron chi connectivity index (χ4n) is 1.56. The summed E-state index contributed by atoms with van der Waals surface area (Å²) in [4.78, 5) is 19.8. The Labute approximate surface area is 144 Å². The van der Waals surface area contributed by atoms with E-state index in [9.17, 15) is 14.9 Å². The van der Waals surface area contributed by atoms with Gasteiger partial charge in [0.15, 0.2) is 6.29 Å². The summed E-state index contributed by atoms with van der Waals surface area (Å²) in [5.41, 5.74) is 0. The molecule has 0 spiro atoms. The van der Waals surface area contributed by atoms with Crippen LogP contribution in [0, 0.1) is 57.5 Å². The fourth-order valence-corrected chi connectivity index (χ4v) is 1.56. The molecule has 0 saturated carbocycles. The van der Waals surface area contributed by atoms with Crippen LogP contribution < -0.4 is 0 Å². The molecule has 0 N–H and O–H groups in total. The van der Waals surface area contributed by atoms with E-state index in [1.54, 1.807) is 0 Å². The molecular weight excluding hydrogens is 302 g/mol. The summed E-state index contributed by atoms with van der Waals surface area (Å²) in [5.74, 6) is 23.6. The van der Waals surface area contributed by atoms with E-state index in [4.69, 9.17) is 0 Å². The second-order valence-corrected chi connectivity index (χ2v) is 4.81. The third kappa shape index (κ3) is 19.3. The molecule has 0 bridgehead atoms. The van der Waals surface area contributed by atoms with E-state index in [1.165, 1.54) is 0 Å². The van der Waals surface area contributed by atoms with Gasteiger partial charge in [0.05, 0.1) is 19.3 Å². The minimum atomic E-state index is -0.286. The lowest BCUT2D eigenvalue weighted by atomic mass is 10.2. The first kappa shape index (κ1) is 21.3. The quantitative estimate of drug-likeness (QED) is 0.298. The average molecular weight is 324 g/mol. The van der Waals surface area contributed by atoms with Crippen molar-refractivity contribution in [2.75, 3.05) is 6.54 Å². The van der Waals surface area contributed by atoms with E-state index in [-0.39, 0.29) is 11.5 Å². The summed E-state index contributed by atoms with van der Waals surface area (Å²) >= 11 is 0. The van der Waals surface area contributed by atoms with Gasteiger partial charge in [-0.15, -0.1) is 11.8 Å². The Bertz CT molecular complexity index is 606. The second-order valence-electron chi connectivity index (χ2n) is 4.81. The van der Waals surface area contributed by atoms with Gasteiger partial charge in [0, 0.05) is 30.6 Å². The van der Waals surface area contributed by atoms with Gasteiger partial charge in [0.2, 0.25) is 6.54 Å². The van der Waals surface area contributed by atoms with E-state index < -0.39 is 0 Å². The average Bonchev–Trinajstić information content (AvgIpc) is 2.56. The Morgan fingerprint density at radius 2 is 1.12 bits per heavy atom. The number of carbonyl (C=O) groups excluding carboxylic acids is 1. The largest absolute Gasteiger partial charge is 0.291 e. The Morgan fingerprint density at radius 1 is 0.625 bits per heavy atom. The molecule has 4 nitrogen and oxygen atoms in total. The molecule has 0 unspecified atom stereocenters. The van der Waals surface area contributed by atoms with Crippen LogP contribution in [0.15, 0.2) is 0 Å². The van der Waals surface area contributed by atoms with Crippen LogP contribution in [0.3, 0.4) is 0 Å². The van der Waals surface area contributed by atoms with Crippen molar-refractivity contribution in [3.63, 3.8) is 0 Å². The first-order valence-corrected chi connectivity index (χ1v) is 8.07. The zero-order valence-corrected chi connectivity index (χ0v) is 14.0. The lowest BCUT2D eigenvalue weighted by molar-refractivity contribution is -0.480. The summed E-state index contributed by atoms with van der Waals surface area (Å²) in [6.45, 7) is 0.0461. The molecule has 24 heavy (non-hydrogen) atoms. The molecule has 0 saturated heterocycles. The molecule has 0 aliphatic heterocycles. The van der Waals surface area contributed by atoms with Crippen molar-refractivity contribution in [2.24, 2.45) is 0 Å². The van der Waals surface area contributed by atoms with E-state index in [0.717, 1.165) is 25.7 Å². The smallest absolute Gasteiger partial charge is 0.203 e. The molecule has 0 aliphatic rings. The highest BCUT2D eigenvalue weighted by atomic mass is 16.6. The molecule has 0 heterocycles. The summed E-state index contributed by atoms with van der Waals surface area (Å²) in [6, 6.07) is 0. The number of rotatable bonds is 8. The van der Waals surface area contributed by atoms with Crippen molar-refractivity contribution in [3.05, 3.63) is 10.1 Å². The summed E-state index contributed by atoms with van der Waals surface area (Å²) < 4.78 is 0. The van der Waals surface area contributed by atoms with Crippen molar-refractivity contribution in [2.45, 2.75) is 64.2 Å². The predicted octanol–water partition coefficient (Wildman–Crippen LogP) is 3.29. The van der Waals surface area contributed by atoms with Crippen molar-refractivity contribution in [3.8, 4) is 47.4 Å². The molecule has 0 aromatic rings. The van der Waals surface area contributed by atoms with Gasteiger partial charge in [-0.2, -0.15) is 0 Å². The maximum atomic E-state index is 10.1. The lowest BCUT2D eigenvalue weighted by Gasteiger charge is -1.92. The van der Waals surface area contributed by atoms with E-state index >= 15 is 0 Å². The zero-order chi connectivity index (χ0) is 17.7. The maximum absolute atomic E-state index is 10.1. The van der Waals surface area contributed by atoms with Crippen molar-refractivity contribution in [1.29, 1.82) is 0 Å². The molecule has 0 rings (SSSR count). The first-order chi connectivity index (χ1) is 11.8. The molecule has 4 heteroatoms. The number of hydrogen-bond donors (Lipinski definition) is 0. The topological polar surface area (TPSA) is 60.2 Å². The monoisotopic (exact) mass is 324 g/mol. The molecule has 0 aromatic heterocycles. The van der Waals surface area contributed by atoms with Crippen LogP contribution in [0.25, 0.3) is 0 Å². The number of unbranched alkanes of at least 4 members (excludes halogenated alkanes) is 5. The second kappa shape index (κ2) is 18.4. The SMILES string of the molecule is O=[C]CCCC#CCC#CCC#CCC#CCCCCC[N+](=O)[O-]. The van der Waals surface area contributed by atoms with Gasteiger partial charge in [0.25, 0.3) is 0 Å². The molecule has 0 fully saturated rings. The van der Waals surface area contributed by atoms with Gasteiger partial charge in [-0.05, 0) is 19.3 Å². The molecule has 0 aliphatic carbocycles. The Hall–Kier alpha value is -2.69. The molecule has 1 radical (unpaired) electrons. The van der Waals surface area contributed by atoms with E-state index in [1.807, 2.05) is 6.29 Å². The van der Waals surface area contributed by atoms with Crippen LogP contribution in [0.4, 0.5) is 0 Å². The summed E-state index contributed by atoms with van der Waals surface area (Å²) in [6.07, 6.45) is 8.46. The normalized spacial score (nSPS) is 8.17. The van der Waals surface area contributed by atoms with Crippen LogP contribution in [-0.2, 0) is 4.79 Å². The minimum Gasteiger partial charge on any atom is -0.291 e. The predicted molar refractivity (Wildman–Crippen MR) is 94.8 cm³/mol. The van der Waals surface area contributed by atoms with Gasteiger partial charge >= 0.3 is 0 Å². The van der Waals surface area contributed by atoms with Crippen LogP contribution in [-0.4, -0.2) is 17.8 Å². The third-order valence-corrected chi connectivity index (χ3v) is 2.75. The Kier molecular flexibility index (Phi) is 16.3. The van der Waals surface area contributed by atoms with Crippen LogP contribution in [0.1, 0.15) is 64.2 Å². The first-order valence-electron chi connectivity index (χ1n) is 8.07. The molecule has 0 atom stereocenters. The third-order valence-electron chi connectivity index (χ3n) is 2.75. The Balaban J connectivity index is 3.55. The van der Waals surface area contributed by atoms with Crippen molar-refractivity contribution >= 4 is 6.29 Å². The lowest BCUT2D eigenvalue weighted by Crippen LogP contribution is -1.99. The van der Waals surface area contributed by atoms with Gasteiger partial charge in [-0.3, -0.25) is 14.9 Å². The maximum Gasteiger partial charge on any atom is 0.203 e. The minimum absolute atomic E-state index is 0.0461. The zero-order valence-electron chi connectivity index (χ0n) is 14.0. The standard InChI is InChI=1S/C20H22NO3/c22-20-18-16-14-12-10-8-6-4-2-1-3-5-7-9-11-13-15-17-19-21(23)24/h2,5,8,11,13-19H2. The molecule has 0 aromatic carbocycles. The Morgan fingerprint density at radius 3 is 1.62 bits per heavy atom. The number of nitro groups is 1. The van der Waals surface area contributed by atoms with E-state index in [2.05, 4.69) is 47.4 Å². The highest BCUT2D eigenvalue weighted by molar-refractivity contribution is 5.50. The molecule has 0 amide bonds. The van der Waals surface area contributed by atoms with Gasteiger partial charge < -0.3 is 0 Å². The number of hydrogen-bond acceptors (Lipinski definition) is 3.